The van der Waals surface area contributed by atoms with E-state index in [4.69, 9.17) is 11.6 Å². The molecule has 0 unspecified atom stereocenters. The van der Waals surface area contributed by atoms with Gasteiger partial charge < -0.3 is 0 Å². The number of hydrogen-bond donors (Lipinski definition) is 0. The van der Waals surface area contributed by atoms with Crippen LogP contribution in [0.2, 0.25) is 5.02 Å². The van der Waals surface area contributed by atoms with Crippen molar-refractivity contribution in [3.8, 4) is 0 Å². The molecule has 1 aliphatic heterocycles. The third-order valence-corrected chi connectivity index (χ3v) is 5.06. The maximum absolute atomic E-state index is 14.0. The monoisotopic (exact) mass is 369 g/mol. The van der Waals surface area contributed by atoms with Crippen molar-refractivity contribution in [2.24, 2.45) is 0 Å². The Morgan fingerprint density at radius 3 is 2.52 bits per heavy atom. The van der Waals surface area contributed by atoms with Crippen molar-refractivity contribution in [2.45, 2.75) is 29.3 Å². The third-order valence-electron chi connectivity index (χ3n) is 3.45. The van der Waals surface area contributed by atoms with Gasteiger partial charge >= 0.3 is 15.3 Å². The summed E-state index contributed by atoms with van der Waals surface area (Å²) in [5.74, 6) is -0.460. The molecule has 1 aliphatic rings. The van der Waals surface area contributed by atoms with Crippen LogP contribution in [0.3, 0.4) is 0 Å². The highest BCUT2D eigenvalue weighted by atomic mass is 35.5. The van der Waals surface area contributed by atoms with Crippen LogP contribution >= 0.6 is 11.6 Å². The highest BCUT2D eigenvalue weighted by Gasteiger charge is 2.51. The number of sulfone groups is 1. The Kier molecular flexibility index (Phi) is 3.64. The molecule has 11 heteroatoms. The van der Waals surface area contributed by atoms with Crippen LogP contribution in [-0.4, -0.2) is 28.7 Å². The molecule has 0 aliphatic carbocycles. The van der Waals surface area contributed by atoms with Gasteiger partial charge in [-0.25, -0.2) is 17.5 Å². The molecule has 0 spiro atoms. The Labute approximate surface area is 132 Å². The summed E-state index contributed by atoms with van der Waals surface area (Å²) in [5.41, 5.74) is -5.13. The number of halogens is 5. The highest BCUT2D eigenvalue weighted by Crippen LogP contribution is 2.42. The van der Waals surface area contributed by atoms with E-state index in [0.29, 0.717) is 5.56 Å². The van der Waals surface area contributed by atoms with Gasteiger partial charge in [-0.05, 0) is 11.6 Å². The van der Waals surface area contributed by atoms with Crippen LogP contribution in [0.1, 0.15) is 30.0 Å². The Balaban J connectivity index is 2.11. The highest BCUT2D eigenvalue weighted by molar-refractivity contribution is 7.92. The molecule has 23 heavy (non-hydrogen) atoms. The quantitative estimate of drug-likeness (QED) is 0.762. The molecule has 0 saturated carbocycles. The molecule has 0 fully saturated rings. The molecule has 2 atom stereocenters. The lowest BCUT2D eigenvalue weighted by Crippen LogP contribution is -2.25. The van der Waals surface area contributed by atoms with Gasteiger partial charge in [-0.2, -0.15) is 18.2 Å². The Morgan fingerprint density at radius 2 is 1.91 bits per heavy atom. The van der Waals surface area contributed by atoms with Crippen LogP contribution in [0.25, 0.3) is 0 Å². The number of rotatable bonds is 2. The molecule has 1 aromatic carbocycles. The maximum atomic E-state index is 14.0. The molecule has 1 aromatic heterocycles. The molecule has 0 radical (unpaired) electrons. The summed E-state index contributed by atoms with van der Waals surface area (Å²) in [6.45, 7) is 0. The first-order valence-electron chi connectivity index (χ1n) is 6.29. The molecule has 0 N–H and O–H groups in total. The van der Waals surface area contributed by atoms with E-state index < -0.39 is 38.5 Å². The van der Waals surface area contributed by atoms with Gasteiger partial charge in [0.25, 0.3) is 5.16 Å². The molecule has 3 rings (SSSR count). The zero-order valence-electron chi connectivity index (χ0n) is 11.1. The van der Waals surface area contributed by atoms with Crippen LogP contribution in [0.4, 0.5) is 17.6 Å². The predicted molar refractivity (Wildman–Crippen MR) is 71.3 cm³/mol. The number of nitrogens with zero attached hydrogens (tertiary/aromatic N) is 3. The van der Waals surface area contributed by atoms with Gasteiger partial charge in [0, 0.05) is 11.4 Å². The molecular formula is C12H8ClF4N3O2S. The normalized spacial score (nSPS) is 21.4. The van der Waals surface area contributed by atoms with Crippen molar-refractivity contribution < 1.29 is 26.0 Å². The van der Waals surface area contributed by atoms with Crippen molar-refractivity contribution in [2.75, 3.05) is 0 Å². The Hall–Kier alpha value is -1.68. The second-order valence-electron chi connectivity index (χ2n) is 4.89. The lowest BCUT2D eigenvalue weighted by Gasteiger charge is -2.13. The van der Waals surface area contributed by atoms with Gasteiger partial charge in [0.05, 0.1) is 6.04 Å². The summed E-state index contributed by atoms with van der Waals surface area (Å²) in [6.07, 6.45) is -1.87. The summed E-state index contributed by atoms with van der Waals surface area (Å²) in [6, 6.07) is 5.53. The zero-order valence-corrected chi connectivity index (χ0v) is 12.7. The van der Waals surface area contributed by atoms with Crippen LogP contribution < -0.4 is 0 Å². The van der Waals surface area contributed by atoms with Gasteiger partial charge in [-0.3, -0.25) is 0 Å². The van der Waals surface area contributed by atoms with Crippen molar-refractivity contribution in [1.29, 1.82) is 0 Å². The van der Waals surface area contributed by atoms with Crippen molar-refractivity contribution in [3.05, 3.63) is 40.7 Å². The zero-order chi connectivity index (χ0) is 17.0. The number of fused-ring (bicyclic) bond motifs is 1. The number of benzene rings is 1. The summed E-state index contributed by atoms with van der Waals surface area (Å²) in [5, 5.41) is 2.19. The van der Waals surface area contributed by atoms with Gasteiger partial charge in [-0.1, -0.05) is 29.8 Å². The molecule has 2 heterocycles. The largest absolute Gasteiger partial charge is 0.505 e. The minimum Gasteiger partial charge on any atom is -0.239 e. The lowest BCUT2D eigenvalue weighted by molar-refractivity contribution is -0.0440. The average Bonchev–Trinajstić information content (AvgIpc) is 3.00. The summed E-state index contributed by atoms with van der Waals surface area (Å²) in [4.78, 5) is 3.24. The van der Waals surface area contributed by atoms with E-state index in [9.17, 15) is 26.0 Å². The SMILES string of the molecule is O=S(=O)(c1nc2n(n1)[C@H](c1ccccc1Cl)C[C@@H]2F)C(F)(F)F. The molecule has 124 valence electrons. The van der Waals surface area contributed by atoms with Gasteiger partial charge in [-0.15, -0.1) is 5.10 Å². The van der Waals surface area contributed by atoms with E-state index in [1.807, 2.05) is 0 Å². The first kappa shape index (κ1) is 16.2. The number of hydrogen-bond acceptors (Lipinski definition) is 4. The molecule has 5 nitrogen and oxygen atoms in total. The minimum atomic E-state index is -5.74. The minimum absolute atomic E-state index is 0.134. The second kappa shape index (κ2) is 5.17. The Morgan fingerprint density at radius 1 is 1.26 bits per heavy atom. The molecular weight excluding hydrogens is 362 g/mol. The smallest absolute Gasteiger partial charge is 0.239 e. The predicted octanol–water partition coefficient (Wildman–Crippen LogP) is 3.23. The fourth-order valence-electron chi connectivity index (χ4n) is 2.38. The van der Waals surface area contributed by atoms with E-state index in [1.165, 1.54) is 6.07 Å². The van der Waals surface area contributed by atoms with Crippen molar-refractivity contribution in [1.82, 2.24) is 14.8 Å². The molecule has 0 amide bonds. The number of aromatic nitrogens is 3. The summed E-state index contributed by atoms with van der Waals surface area (Å²) >= 11 is 6.01. The van der Waals surface area contributed by atoms with Gasteiger partial charge in [0.15, 0.2) is 12.0 Å². The summed E-state index contributed by atoms with van der Waals surface area (Å²) < 4.78 is 75.3. The maximum Gasteiger partial charge on any atom is 0.505 e. The van der Waals surface area contributed by atoms with E-state index in [2.05, 4.69) is 10.1 Å². The average molecular weight is 370 g/mol. The first-order valence-corrected chi connectivity index (χ1v) is 8.15. The van der Waals surface area contributed by atoms with Crippen LogP contribution in [0, 0.1) is 0 Å². The third kappa shape index (κ3) is 2.49. The summed E-state index contributed by atoms with van der Waals surface area (Å²) in [7, 11) is -5.74. The van der Waals surface area contributed by atoms with Crippen LogP contribution in [0.5, 0.6) is 0 Å². The molecule has 0 bridgehead atoms. The molecule has 2 aromatic rings. The van der Waals surface area contributed by atoms with E-state index in [-0.39, 0.29) is 11.4 Å². The molecule has 0 saturated heterocycles. The van der Waals surface area contributed by atoms with Gasteiger partial charge in [0.1, 0.15) is 0 Å². The number of alkyl halides is 4. The standard InChI is InChI=1S/C12H8ClF4N3O2S/c13-7-4-2-1-3-6(7)9-5-8(14)10-18-11(19-20(9)10)23(21,22)12(15,16)17/h1-4,8-9H,5H2/t8-,9-/m0/s1. The van der Waals surface area contributed by atoms with Crippen LogP contribution in [-0.2, 0) is 9.84 Å². The topological polar surface area (TPSA) is 64.8 Å². The van der Waals surface area contributed by atoms with Crippen LogP contribution in [0.15, 0.2) is 29.4 Å². The lowest BCUT2D eigenvalue weighted by atomic mass is 10.0. The van der Waals surface area contributed by atoms with Crippen molar-refractivity contribution >= 4 is 21.4 Å². The van der Waals surface area contributed by atoms with E-state index >= 15 is 0 Å². The van der Waals surface area contributed by atoms with Gasteiger partial charge in [0.2, 0.25) is 0 Å². The first-order chi connectivity index (χ1) is 10.6. The Bertz CT molecular complexity index is 865. The fourth-order valence-corrected chi connectivity index (χ4v) is 3.26. The second-order valence-corrected chi connectivity index (χ2v) is 7.13. The van der Waals surface area contributed by atoms with Crippen molar-refractivity contribution in [3.63, 3.8) is 0 Å². The van der Waals surface area contributed by atoms with E-state index in [1.54, 1.807) is 18.2 Å². The van der Waals surface area contributed by atoms with E-state index in [0.717, 1.165) is 4.68 Å². The fraction of sp³-hybridized carbons (Fsp3) is 0.333.